The third kappa shape index (κ3) is 7.09. The Kier molecular flexibility index (Phi) is 10.2. The first-order chi connectivity index (χ1) is 20.0. The van der Waals surface area contributed by atoms with Crippen LogP contribution in [0.15, 0.2) is 104 Å². The molecular weight excluding hydrogens is 597 g/mol. The third-order valence-electron chi connectivity index (χ3n) is 7.02. The van der Waals surface area contributed by atoms with Crippen molar-refractivity contribution in [3.63, 3.8) is 0 Å². The number of imidazole rings is 1. The van der Waals surface area contributed by atoms with E-state index in [1.807, 2.05) is 60.8 Å². The molecule has 1 unspecified atom stereocenters. The van der Waals surface area contributed by atoms with E-state index in [1.165, 1.54) is 0 Å². The summed E-state index contributed by atoms with van der Waals surface area (Å²) in [6.07, 6.45) is 3.09. The number of ether oxygens (including phenoxy) is 1. The molecule has 0 aliphatic carbocycles. The number of alkyl halides is 3. The molecule has 0 aliphatic rings. The second-order valence-corrected chi connectivity index (χ2v) is 12.7. The maximum atomic E-state index is 13.0. The van der Waals surface area contributed by atoms with Crippen LogP contribution in [0.3, 0.4) is 0 Å². The van der Waals surface area contributed by atoms with Gasteiger partial charge in [0.2, 0.25) is 3.79 Å². The molecule has 0 radical (unpaired) electrons. The molecule has 0 spiro atoms. The Balaban J connectivity index is 1.74. The van der Waals surface area contributed by atoms with Gasteiger partial charge >= 0.3 is 12.1 Å². The van der Waals surface area contributed by atoms with Crippen LogP contribution < -0.4 is 0 Å². The summed E-state index contributed by atoms with van der Waals surface area (Å²) in [5.74, 6) is -1.56. The quantitative estimate of drug-likeness (QED) is 0.140. The topological polar surface area (TPSA) is 84.7 Å². The van der Waals surface area contributed by atoms with Crippen LogP contribution in [0.2, 0.25) is 0 Å². The lowest BCUT2D eigenvalue weighted by Gasteiger charge is -2.37. The van der Waals surface area contributed by atoms with Gasteiger partial charge in [0, 0.05) is 19.2 Å². The Morgan fingerprint density at radius 3 is 1.76 bits per heavy atom. The van der Waals surface area contributed by atoms with E-state index in [-0.39, 0.29) is 13.0 Å². The molecular formula is C32H32Cl3N3O4. The molecule has 0 fully saturated rings. The zero-order chi connectivity index (χ0) is 30.3. The van der Waals surface area contributed by atoms with E-state index >= 15 is 0 Å². The molecule has 3 aromatic carbocycles. The number of hydrogen-bond donors (Lipinski definition) is 1. The fourth-order valence-electron chi connectivity index (χ4n) is 5.25. The highest BCUT2D eigenvalue weighted by molar-refractivity contribution is 6.67. The van der Waals surface area contributed by atoms with Crippen molar-refractivity contribution in [3.8, 4) is 0 Å². The van der Waals surface area contributed by atoms with E-state index in [0.717, 1.165) is 21.6 Å². The van der Waals surface area contributed by atoms with Crippen molar-refractivity contribution in [3.05, 3.63) is 126 Å². The Morgan fingerprint density at radius 2 is 1.36 bits per heavy atom. The van der Waals surface area contributed by atoms with Gasteiger partial charge in [0.25, 0.3) is 0 Å². The van der Waals surface area contributed by atoms with E-state index in [1.54, 1.807) is 20.2 Å². The van der Waals surface area contributed by atoms with Gasteiger partial charge in [-0.1, -0.05) is 140 Å². The van der Waals surface area contributed by atoms with Crippen LogP contribution in [0.4, 0.5) is 4.79 Å². The van der Waals surface area contributed by atoms with E-state index < -0.39 is 40.0 Å². The first-order valence-corrected chi connectivity index (χ1v) is 14.6. The van der Waals surface area contributed by atoms with Crippen molar-refractivity contribution < 1.29 is 19.4 Å². The number of benzene rings is 3. The highest BCUT2D eigenvalue weighted by Gasteiger charge is 2.39. The highest BCUT2D eigenvalue weighted by Crippen LogP contribution is 2.40. The molecule has 4 aromatic rings. The predicted octanol–water partition coefficient (Wildman–Crippen LogP) is 7.18. The maximum absolute atomic E-state index is 13.0. The first kappa shape index (κ1) is 31.4. The molecule has 1 heterocycles. The largest absolute Gasteiger partial charge is 0.480 e. The lowest BCUT2D eigenvalue weighted by molar-refractivity contribution is -0.144. The summed E-state index contributed by atoms with van der Waals surface area (Å²) in [6, 6.07) is 29.3. The molecule has 1 atom stereocenters. The molecule has 220 valence electrons. The number of halogens is 3. The number of hydrogen-bond acceptors (Lipinski definition) is 4. The average Bonchev–Trinajstić information content (AvgIpc) is 3.44. The number of aliphatic carboxylic acids is 1. The number of amides is 1. The fraction of sp³-hybridized carbons (Fsp3) is 0.281. The third-order valence-corrected chi connectivity index (χ3v) is 7.35. The van der Waals surface area contributed by atoms with E-state index in [2.05, 4.69) is 41.0 Å². The van der Waals surface area contributed by atoms with Gasteiger partial charge in [0.1, 0.15) is 18.2 Å². The van der Waals surface area contributed by atoms with Crippen LogP contribution in [0.5, 0.6) is 0 Å². The van der Waals surface area contributed by atoms with Crippen molar-refractivity contribution in [1.82, 2.24) is 14.5 Å². The number of aromatic nitrogens is 2. The number of carboxylic acids is 1. The lowest BCUT2D eigenvalue weighted by atomic mass is 9.77. The zero-order valence-electron chi connectivity index (χ0n) is 23.2. The summed E-state index contributed by atoms with van der Waals surface area (Å²) in [5, 5.41) is 9.93. The SMILES string of the molecule is CC(C)C(C(=O)O)N(CCc1cn(C(c2ccccc2)(c2ccccc2)c2ccccc2)cn1)C(=O)OCC(Cl)(Cl)Cl. The summed E-state index contributed by atoms with van der Waals surface area (Å²) in [4.78, 5) is 31.0. The minimum absolute atomic E-state index is 0.0276. The van der Waals surface area contributed by atoms with E-state index in [0.29, 0.717) is 5.69 Å². The Hall–Kier alpha value is -3.52. The van der Waals surface area contributed by atoms with Gasteiger partial charge in [0.15, 0.2) is 0 Å². The summed E-state index contributed by atoms with van der Waals surface area (Å²) in [6.45, 7) is 2.95. The van der Waals surface area contributed by atoms with E-state index in [4.69, 9.17) is 44.5 Å². The number of carbonyl (C=O) groups is 2. The maximum Gasteiger partial charge on any atom is 0.410 e. The summed E-state index contributed by atoms with van der Waals surface area (Å²) < 4.78 is 5.41. The molecule has 4 rings (SSSR count). The molecule has 0 bridgehead atoms. The van der Waals surface area contributed by atoms with Gasteiger partial charge in [-0.05, 0) is 22.6 Å². The van der Waals surface area contributed by atoms with Gasteiger partial charge in [0.05, 0.1) is 12.0 Å². The number of carbonyl (C=O) groups excluding carboxylic acids is 1. The van der Waals surface area contributed by atoms with E-state index in [9.17, 15) is 14.7 Å². The highest BCUT2D eigenvalue weighted by atomic mass is 35.6. The van der Waals surface area contributed by atoms with Crippen LogP contribution in [0.1, 0.15) is 36.2 Å². The molecule has 1 aromatic heterocycles. The Morgan fingerprint density at radius 1 is 0.881 bits per heavy atom. The summed E-state index contributed by atoms with van der Waals surface area (Å²) in [5.41, 5.74) is 3.02. The molecule has 1 N–H and O–H groups in total. The minimum atomic E-state index is -1.83. The van der Waals surface area contributed by atoms with Crippen molar-refractivity contribution in [1.29, 1.82) is 0 Å². The van der Waals surface area contributed by atoms with Crippen LogP contribution in [0.25, 0.3) is 0 Å². The van der Waals surface area contributed by atoms with Crippen molar-refractivity contribution >= 4 is 46.9 Å². The zero-order valence-corrected chi connectivity index (χ0v) is 25.5. The van der Waals surface area contributed by atoms with Crippen LogP contribution in [-0.2, 0) is 21.5 Å². The van der Waals surface area contributed by atoms with Crippen molar-refractivity contribution in [2.75, 3.05) is 13.2 Å². The molecule has 0 saturated carbocycles. The van der Waals surface area contributed by atoms with Crippen LogP contribution >= 0.6 is 34.8 Å². The second kappa shape index (κ2) is 13.6. The van der Waals surface area contributed by atoms with Crippen molar-refractivity contribution in [2.45, 2.75) is 35.6 Å². The summed E-state index contributed by atoms with van der Waals surface area (Å²) >= 11 is 17.3. The monoisotopic (exact) mass is 627 g/mol. The first-order valence-electron chi connectivity index (χ1n) is 13.5. The van der Waals surface area contributed by atoms with Crippen molar-refractivity contribution in [2.24, 2.45) is 5.92 Å². The van der Waals surface area contributed by atoms with Gasteiger partial charge < -0.3 is 14.4 Å². The Bertz CT molecular complexity index is 1360. The van der Waals surface area contributed by atoms with Gasteiger partial charge in [-0.15, -0.1) is 0 Å². The number of carboxylic acid groups (broad SMARTS) is 1. The molecule has 42 heavy (non-hydrogen) atoms. The minimum Gasteiger partial charge on any atom is -0.480 e. The van der Waals surface area contributed by atoms with Gasteiger partial charge in [-0.3, -0.25) is 4.90 Å². The van der Waals surface area contributed by atoms with Crippen LogP contribution in [-0.4, -0.2) is 54.6 Å². The van der Waals surface area contributed by atoms with Gasteiger partial charge in [-0.25, -0.2) is 14.6 Å². The molecule has 7 nitrogen and oxygen atoms in total. The molecule has 10 heteroatoms. The smallest absolute Gasteiger partial charge is 0.410 e. The summed E-state index contributed by atoms with van der Waals surface area (Å²) in [7, 11) is 0. The van der Waals surface area contributed by atoms with Crippen LogP contribution in [0, 0.1) is 5.92 Å². The fourth-order valence-corrected chi connectivity index (χ4v) is 5.41. The molecule has 0 aliphatic heterocycles. The lowest BCUT2D eigenvalue weighted by Crippen LogP contribution is -2.49. The second-order valence-electron chi connectivity index (χ2n) is 10.2. The van der Waals surface area contributed by atoms with Gasteiger partial charge in [-0.2, -0.15) is 0 Å². The standard InChI is InChI=1S/C32H32Cl3N3O4/c1-23(2)28(29(39)40)38(30(41)42-21-31(33,34)35)19-18-27-20-37(22-36-27)32(24-12-6-3-7-13-24,25-14-8-4-9-15-25)26-16-10-5-11-17-26/h3-17,20,22-23,28H,18-19,21H2,1-2H3,(H,39,40). The molecule has 0 saturated heterocycles. The predicted molar refractivity (Wildman–Crippen MR) is 165 cm³/mol. The Labute approximate surface area is 260 Å². The number of rotatable bonds is 11. The average molecular weight is 629 g/mol. The number of nitrogens with zero attached hydrogens (tertiary/aromatic N) is 3. The molecule has 1 amide bonds. The normalized spacial score (nSPS) is 12.6.